The van der Waals surface area contributed by atoms with Crippen molar-refractivity contribution in [3.05, 3.63) is 47.6 Å². The molecule has 1 aliphatic carbocycles. The molecule has 17 heavy (non-hydrogen) atoms. The normalized spacial score (nSPS) is 14.4. The first-order valence-corrected chi connectivity index (χ1v) is 9.57. The number of allylic oxidation sites excluding steroid dienone is 1. The minimum absolute atomic E-state index is 1.05. The first-order valence-electron chi connectivity index (χ1n) is 6.45. The maximum absolute atomic E-state index is 6.23. The van der Waals surface area contributed by atoms with Gasteiger partial charge in [0.2, 0.25) is 8.32 Å². The molecule has 0 unspecified atom stereocenters. The lowest BCUT2D eigenvalue weighted by Crippen LogP contribution is -2.29. The van der Waals surface area contributed by atoms with E-state index in [9.17, 15) is 0 Å². The first kappa shape index (κ1) is 12.4. The highest BCUT2D eigenvalue weighted by molar-refractivity contribution is 6.71. The van der Waals surface area contributed by atoms with Gasteiger partial charge < -0.3 is 4.43 Å². The molecule has 0 N–H and O–H groups in total. The van der Waals surface area contributed by atoms with Gasteiger partial charge >= 0.3 is 0 Å². The van der Waals surface area contributed by atoms with Crippen LogP contribution in [0.1, 0.15) is 30.9 Å². The van der Waals surface area contributed by atoms with Crippen molar-refractivity contribution in [2.45, 2.75) is 38.9 Å². The maximum Gasteiger partial charge on any atom is 0.244 e. The molecule has 2 heteroatoms. The number of rotatable bonds is 5. The topological polar surface area (TPSA) is 9.23 Å². The largest absolute Gasteiger partial charge is 0.546 e. The summed E-state index contributed by atoms with van der Waals surface area (Å²) in [6.45, 7) is 6.85. The van der Waals surface area contributed by atoms with Crippen molar-refractivity contribution >= 4 is 14.4 Å². The van der Waals surface area contributed by atoms with Crippen molar-refractivity contribution in [2.24, 2.45) is 0 Å². The first-order chi connectivity index (χ1) is 8.11. The molecular weight excluding hydrogens is 224 g/mol. The second-order valence-corrected chi connectivity index (χ2v) is 9.51. The lowest BCUT2D eigenvalue weighted by atomic mass is 10.1. The molecule has 0 spiro atoms. The molecule has 1 aliphatic rings. The molecule has 0 aromatic heterocycles. The Labute approximate surface area is 106 Å². The Balaban J connectivity index is 1.99. The third-order valence-electron chi connectivity index (χ3n) is 3.12. The van der Waals surface area contributed by atoms with Crippen molar-refractivity contribution in [2.75, 3.05) is 0 Å². The van der Waals surface area contributed by atoms with Gasteiger partial charge in [0.1, 0.15) is 0 Å². The fraction of sp³-hybridized carbons (Fsp3) is 0.400. The molecule has 0 saturated carbocycles. The van der Waals surface area contributed by atoms with E-state index >= 15 is 0 Å². The monoisotopic (exact) mass is 245 g/mol. The van der Waals surface area contributed by atoms with E-state index in [1.165, 1.54) is 30.0 Å². The molecule has 91 valence electrons. The lowest BCUT2D eigenvalue weighted by molar-refractivity contribution is 0.430. The van der Waals surface area contributed by atoms with Gasteiger partial charge in [0.05, 0.1) is 12.2 Å². The zero-order chi connectivity index (χ0) is 12.3. The van der Waals surface area contributed by atoms with Gasteiger partial charge in [-0.2, -0.15) is 0 Å². The molecule has 0 heterocycles. The Morgan fingerprint density at radius 2 is 1.82 bits per heavy atom. The second-order valence-electron chi connectivity index (χ2n) is 5.29. The summed E-state index contributed by atoms with van der Waals surface area (Å²) in [5.41, 5.74) is 2.56. The standard InChI is InChI=1S/C15H21OSi/c1-4-5-10-17(2,3)16-15-11-13-8-6-7-9-14(13)12-15/h6-9,11-12H,4-5,10H2,1-3H3. The van der Waals surface area contributed by atoms with Gasteiger partial charge in [-0.3, -0.25) is 0 Å². The molecular formula is C15H21OSi. The van der Waals surface area contributed by atoms with E-state index in [4.69, 9.17) is 4.43 Å². The van der Waals surface area contributed by atoms with Gasteiger partial charge in [0, 0.05) is 0 Å². The van der Waals surface area contributed by atoms with E-state index in [0.717, 1.165) is 5.76 Å². The van der Waals surface area contributed by atoms with Gasteiger partial charge in [-0.25, -0.2) is 0 Å². The third kappa shape index (κ3) is 3.22. The minimum atomic E-state index is -1.53. The molecule has 0 atom stereocenters. The SMILES string of the molecule is CCCC[Si](C)(C)OC1=Cc2ccccc2[CH]1. The van der Waals surface area contributed by atoms with Gasteiger partial charge in [-0.05, 0) is 36.3 Å². The van der Waals surface area contributed by atoms with E-state index in [0.29, 0.717) is 0 Å². The smallest absolute Gasteiger partial charge is 0.244 e. The molecule has 0 aliphatic heterocycles. The molecule has 1 radical (unpaired) electrons. The van der Waals surface area contributed by atoms with Crippen LogP contribution >= 0.6 is 0 Å². The summed E-state index contributed by atoms with van der Waals surface area (Å²) in [5, 5.41) is 0. The fourth-order valence-corrected chi connectivity index (χ4v) is 4.22. The number of fused-ring (bicyclic) bond motifs is 1. The molecule has 1 aromatic carbocycles. The van der Waals surface area contributed by atoms with E-state index in [-0.39, 0.29) is 0 Å². The summed E-state index contributed by atoms with van der Waals surface area (Å²) in [7, 11) is -1.53. The van der Waals surface area contributed by atoms with Crippen LogP contribution < -0.4 is 0 Å². The van der Waals surface area contributed by atoms with Crippen molar-refractivity contribution < 1.29 is 4.43 Å². The van der Waals surface area contributed by atoms with Gasteiger partial charge in [0.25, 0.3) is 0 Å². The lowest BCUT2D eigenvalue weighted by Gasteiger charge is -2.24. The summed E-state index contributed by atoms with van der Waals surface area (Å²) in [6.07, 6.45) is 6.86. The Morgan fingerprint density at radius 3 is 2.47 bits per heavy atom. The number of hydrogen-bond acceptors (Lipinski definition) is 1. The summed E-state index contributed by atoms with van der Waals surface area (Å²) < 4.78 is 6.23. The molecule has 2 rings (SSSR count). The van der Waals surface area contributed by atoms with Crippen LogP contribution in [0.2, 0.25) is 19.1 Å². The highest BCUT2D eigenvalue weighted by Crippen LogP contribution is 2.30. The van der Waals surface area contributed by atoms with Crippen LogP contribution in [0.15, 0.2) is 30.0 Å². The molecule has 1 nitrogen and oxygen atoms in total. The zero-order valence-corrected chi connectivity index (χ0v) is 12.0. The summed E-state index contributed by atoms with van der Waals surface area (Å²) in [5.74, 6) is 1.05. The average molecular weight is 245 g/mol. The second kappa shape index (κ2) is 5.09. The van der Waals surface area contributed by atoms with Crippen molar-refractivity contribution in [3.63, 3.8) is 0 Å². The Hall–Kier alpha value is -1.02. The van der Waals surface area contributed by atoms with Crippen LogP contribution in [-0.4, -0.2) is 8.32 Å². The van der Waals surface area contributed by atoms with Crippen LogP contribution in [0.3, 0.4) is 0 Å². The molecule has 0 fully saturated rings. The van der Waals surface area contributed by atoms with Crippen LogP contribution in [0.25, 0.3) is 6.08 Å². The Bertz CT molecular complexity index is 421. The van der Waals surface area contributed by atoms with Crippen molar-refractivity contribution in [3.8, 4) is 0 Å². The zero-order valence-electron chi connectivity index (χ0n) is 11.0. The van der Waals surface area contributed by atoms with Crippen LogP contribution in [0.5, 0.6) is 0 Å². The minimum Gasteiger partial charge on any atom is -0.546 e. The highest BCUT2D eigenvalue weighted by atomic mass is 28.4. The van der Waals surface area contributed by atoms with Crippen molar-refractivity contribution in [1.29, 1.82) is 0 Å². The van der Waals surface area contributed by atoms with E-state index in [2.05, 4.69) is 56.8 Å². The Morgan fingerprint density at radius 1 is 1.12 bits per heavy atom. The molecule has 0 amide bonds. The molecule has 0 saturated heterocycles. The van der Waals surface area contributed by atoms with Crippen LogP contribution in [0.4, 0.5) is 0 Å². The quantitative estimate of drug-likeness (QED) is 0.688. The molecule has 0 bridgehead atoms. The summed E-state index contributed by atoms with van der Waals surface area (Å²) in [4.78, 5) is 0. The summed E-state index contributed by atoms with van der Waals surface area (Å²) in [6, 6.07) is 9.67. The van der Waals surface area contributed by atoms with Crippen LogP contribution in [0, 0.1) is 6.42 Å². The fourth-order valence-electron chi connectivity index (χ4n) is 2.15. The molecule has 1 aromatic rings. The van der Waals surface area contributed by atoms with Crippen LogP contribution in [-0.2, 0) is 4.43 Å². The van der Waals surface area contributed by atoms with E-state index in [1.807, 2.05) is 0 Å². The van der Waals surface area contributed by atoms with Gasteiger partial charge in [-0.15, -0.1) is 0 Å². The van der Waals surface area contributed by atoms with E-state index < -0.39 is 8.32 Å². The number of hydrogen-bond donors (Lipinski definition) is 0. The third-order valence-corrected chi connectivity index (χ3v) is 5.46. The maximum atomic E-state index is 6.23. The van der Waals surface area contributed by atoms with Gasteiger partial charge in [0.15, 0.2) is 0 Å². The highest BCUT2D eigenvalue weighted by Gasteiger charge is 2.26. The predicted octanol–water partition coefficient (Wildman–Crippen LogP) is 4.62. The average Bonchev–Trinajstić information content (AvgIpc) is 2.67. The number of benzene rings is 1. The van der Waals surface area contributed by atoms with Gasteiger partial charge in [-0.1, -0.05) is 44.0 Å². The summed E-state index contributed by atoms with van der Waals surface area (Å²) >= 11 is 0. The Kier molecular flexibility index (Phi) is 3.72. The van der Waals surface area contributed by atoms with Crippen molar-refractivity contribution in [1.82, 2.24) is 0 Å². The predicted molar refractivity (Wildman–Crippen MR) is 76.1 cm³/mol. The number of unbranched alkanes of at least 4 members (excludes halogenated alkanes) is 1. The van der Waals surface area contributed by atoms with E-state index in [1.54, 1.807) is 0 Å².